The Bertz CT molecular complexity index is 565. The van der Waals surface area contributed by atoms with Crippen molar-refractivity contribution in [3.63, 3.8) is 0 Å². The van der Waals surface area contributed by atoms with Crippen LogP contribution in [-0.4, -0.2) is 6.04 Å². The van der Waals surface area contributed by atoms with Crippen molar-refractivity contribution < 1.29 is 0 Å². The molecule has 0 bridgehead atoms. The lowest BCUT2D eigenvalue weighted by Gasteiger charge is -2.36. The molecule has 0 spiro atoms. The fraction of sp³-hybridized carbons (Fsp3) is 0.368. The highest BCUT2D eigenvalue weighted by Gasteiger charge is 2.29. The first-order valence-corrected chi connectivity index (χ1v) is 7.57. The lowest BCUT2D eigenvalue weighted by atomic mass is 9.75. The van der Waals surface area contributed by atoms with Crippen molar-refractivity contribution in [2.75, 3.05) is 0 Å². The molecule has 0 radical (unpaired) electrons. The van der Waals surface area contributed by atoms with Crippen LogP contribution in [0.25, 0.3) is 0 Å². The minimum atomic E-state index is 0.681. The first kappa shape index (κ1) is 13.4. The van der Waals surface area contributed by atoms with Gasteiger partial charge >= 0.3 is 0 Å². The second-order valence-corrected chi connectivity index (χ2v) is 6.08. The van der Waals surface area contributed by atoms with Crippen molar-refractivity contribution in [1.29, 1.82) is 0 Å². The number of hydrogen-bond acceptors (Lipinski definition) is 1. The standard InChI is InChI=1S/C19H23N/c1-14-7-9-16(10-8-14)18-11-19(12-18)20-13-17-6-4-3-5-15(17)2/h3-10,18-20H,11-13H2,1-2H3. The first-order valence-electron chi connectivity index (χ1n) is 7.57. The molecular weight excluding hydrogens is 242 g/mol. The van der Waals surface area contributed by atoms with Gasteiger partial charge in [-0.05, 0) is 49.3 Å². The average Bonchev–Trinajstić information content (AvgIpc) is 2.41. The molecule has 2 aromatic rings. The van der Waals surface area contributed by atoms with E-state index in [4.69, 9.17) is 0 Å². The third-order valence-electron chi connectivity index (χ3n) is 4.53. The van der Waals surface area contributed by atoms with Crippen molar-refractivity contribution in [3.05, 3.63) is 70.8 Å². The Balaban J connectivity index is 1.49. The second kappa shape index (κ2) is 5.80. The maximum absolute atomic E-state index is 3.69. The summed E-state index contributed by atoms with van der Waals surface area (Å²) in [7, 11) is 0. The van der Waals surface area contributed by atoms with E-state index >= 15 is 0 Å². The minimum Gasteiger partial charge on any atom is -0.310 e. The Labute approximate surface area is 122 Å². The quantitative estimate of drug-likeness (QED) is 0.867. The van der Waals surface area contributed by atoms with Gasteiger partial charge in [-0.1, -0.05) is 54.1 Å². The highest BCUT2D eigenvalue weighted by atomic mass is 14.9. The third-order valence-corrected chi connectivity index (χ3v) is 4.53. The Morgan fingerprint density at radius 3 is 2.35 bits per heavy atom. The van der Waals surface area contributed by atoms with Gasteiger partial charge in [0.2, 0.25) is 0 Å². The molecular formula is C19H23N. The van der Waals surface area contributed by atoms with E-state index in [1.165, 1.54) is 35.1 Å². The van der Waals surface area contributed by atoms with Crippen molar-refractivity contribution in [2.45, 2.75) is 45.2 Å². The summed E-state index contributed by atoms with van der Waals surface area (Å²) in [5.74, 6) is 0.755. The van der Waals surface area contributed by atoms with E-state index in [9.17, 15) is 0 Å². The predicted octanol–water partition coefficient (Wildman–Crippen LogP) is 4.34. The van der Waals surface area contributed by atoms with Crippen LogP contribution in [0, 0.1) is 13.8 Å². The number of nitrogens with one attached hydrogen (secondary N) is 1. The molecule has 1 nitrogen and oxygen atoms in total. The van der Waals surface area contributed by atoms with Gasteiger partial charge in [-0.3, -0.25) is 0 Å². The summed E-state index contributed by atoms with van der Waals surface area (Å²) in [5, 5.41) is 3.69. The molecule has 3 rings (SSSR count). The van der Waals surface area contributed by atoms with Crippen LogP contribution in [0.4, 0.5) is 0 Å². The maximum Gasteiger partial charge on any atom is 0.0210 e. The summed E-state index contributed by atoms with van der Waals surface area (Å²) in [6.45, 7) is 5.34. The molecule has 0 unspecified atom stereocenters. The predicted molar refractivity (Wildman–Crippen MR) is 85.0 cm³/mol. The van der Waals surface area contributed by atoms with Crippen molar-refractivity contribution in [1.82, 2.24) is 5.32 Å². The average molecular weight is 265 g/mol. The van der Waals surface area contributed by atoms with Gasteiger partial charge in [0.05, 0.1) is 0 Å². The maximum atomic E-state index is 3.69. The molecule has 1 heteroatoms. The van der Waals surface area contributed by atoms with Gasteiger partial charge in [0.25, 0.3) is 0 Å². The van der Waals surface area contributed by atoms with Gasteiger partial charge in [0, 0.05) is 12.6 Å². The zero-order valence-electron chi connectivity index (χ0n) is 12.4. The Morgan fingerprint density at radius 1 is 0.950 bits per heavy atom. The summed E-state index contributed by atoms with van der Waals surface area (Å²) in [5.41, 5.74) is 5.66. The van der Waals surface area contributed by atoms with Crippen LogP contribution in [0.1, 0.15) is 41.0 Å². The normalized spacial score (nSPS) is 21.5. The molecule has 2 aromatic carbocycles. The van der Waals surface area contributed by atoms with Crippen LogP contribution in [0.2, 0.25) is 0 Å². The molecule has 0 aliphatic heterocycles. The summed E-state index contributed by atoms with van der Waals surface area (Å²) < 4.78 is 0. The molecule has 1 aliphatic carbocycles. The smallest absolute Gasteiger partial charge is 0.0210 e. The molecule has 1 fully saturated rings. The topological polar surface area (TPSA) is 12.0 Å². The fourth-order valence-electron chi connectivity index (χ4n) is 2.96. The van der Waals surface area contributed by atoms with Crippen LogP contribution < -0.4 is 5.32 Å². The summed E-state index contributed by atoms with van der Waals surface area (Å²) in [6, 6.07) is 18.4. The zero-order valence-corrected chi connectivity index (χ0v) is 12.4. The summed E-state index contributed by atoms with van der Waals surface area (Å²) in [6.07, 6.45) is 2.55. The first-order chi connectivity index (χ1) is 9.72. The number of hydrogen-bond donors (Lipinski definition) is 1. The van der Waals surface area contributed by atoms with E-state index in [0.717, 1.165) is 12.5 Å². The number of aryl methyl sites for hydroxylation is 2. The summed E-state index contributed by atoms with van der Waals surface area (Å²) >= 11 is 0. The van der Waals surface area contributed by atoms with Crippen LogP contribution in [0.15, 0.2) is 48.5 Å². The van der Waals surface area contributed by atoms with E-state index in [0.29, 0.717) is 6.04 Å². The lowest BCUT2D eigenvalue weighted by Crippen LogP contribution is -2.39. The van der Waals surface area contributed by atoms with Crippen LogP contribution in [-0.2, 0) is 6.54 Å². The SMILES string of the molecule is Cc1ccc(C2CC(NCc3ccccc3C)C2)cc1. The van der Waals surface area contributed by atoms with Gasteiger partial charge in [0.15, 0.2) is 0 Å². The van der Waals surface area contributed by atoms with Gasteiger partial charge in [-0.2, -0.15) is 0 Å². The van der Waals surface area contributed by atoms with E-state index in [-0.39, 0.29) is 0 Å². The number of rotatable bonds is 4. The van der Waals surface area contributed by atoms with Crippen molar-refractivity contribution in [2.24, 2.45) is 0 Å². The van der Waals surface area contributed by atoms with E-state index in [1.807, 2.05) is 0 Å². The molecule has 1 saturated carbocycles. The van der Waals surface area contributed by atoms with E-state index in [2.05, 4.69) is 67.7 Å². The molecule has 20 heavy (non-hydrogen) atoms. The Morgan fingerprint density at radius 2 is 1.65 bits per heavy atom. The van der Waals surface area contributed by atoms with Crippen LogP contribution in [0.3, 0.4) is 0 Å². The van der Waals surface area contributed by atoms with E-state index < -0.39 is 0 Å². The monoisotopic (exact) mass is 265 g/mol. The molecule has 0 amide bonds. The van der Waals surface area contributed by atoms with Crippen molar-refractivity contribution in [3.8, 4) is 0 Å². The zero-order chi connectivity index (χ0) is 13.9. The summed E-state index contributed by atoms with van der Waals surface area (Å²) in [4.78, 5) is 0. The van der Waals surface area contributed by atoms with E-state index in [1.54, 1.807) is 0 Å². The van der Waals surface area contributed by atoms with Gasteiger partial charge in [0.1, 0.15) is 0 Å². The highest BCUT2D eigenvalue weighted by molar-refractivity contribution is 5.28. The second-order valence-electron chi connectivity index (χ2n) is 6.08. The lowest BCUT2D eigenvalue weighted by molar-refractivity contribution is 0.289. The third kappa shape index (κ3) is 2.94. The van der Waals surface area contributed by atoms with Gasteiger partial charge in [-0.15, -0.1) is 0 Å². The van der Waals surface area contributed by atoms with Gasteiger partial charge in [-0.25, -0.2) is 0 Å². The fourth-order valence-corrected chi connectivity index (χ4v) is 2.96. The largest absolute Gasteiger partial charge is 0.310 e. The molecule has 104 valence electrons. The highest BCUT2D eigenvalue weighted by Crippen LogP contribution is 2.37. The molecule has 0 heterocycles. The molecule has 1 N–H and O–H groups in total. The van der Waals surface area contributed by atoms with Crippen LogP contribution >= 0.6 is 0 Å². The Kier molecular flexibility index (Phi) is 3.88. The molecule has 0 saturated heterocycles. The number of benzene rings is 2. The molecule has 0 atom stereocenters. The molecule has 1 aliphatic rings. The van der Waals surface area contributed by atoms with Crippen molar-refractivity contribution >= 4 is 0 Å². The van der Waals surface area contributed by atoms with Crippen LogP contribution in [0.5, 0.6) is 0 Å². The molecule has 0 aromatic heterocycles. The van der Waals surface area contributed by atoms with Gasteiger partial charge < -0.3 is 5.32 Å². The minimum absolute atomic E-state index is 0.681. The Hall–Kier alpha value is -1.60.